The second-order valence-corrected chi connectivity index (χ2v) is 7.85. The van der Waals surface area contributed by atoms with Crippen molar-refractivity contribution in [2.45, 2.75) is 38.3 Å². The molecule has 28 heavy (non-hydrogen) atoms. The van der Waals surface area contributed by atoms with Gasteiger partial charge in [0.15, 0.2) is 0 Å². The molecule has 0 heterocycles. The molecule has 6 heteroatoms. The van der Waals surface area contributed by atoms with Gasteiger partial charge in [-0.15, -0.1) is 11.8 Å². The Bertz CT molecular complexity index is 801. The Hall–Kier alpha value is -2.31. The lowest BCUT2D eigenvalue weighted by atomic mass is 10.1. The minimum Gasteiger partial charge on any atom is -0.346 e. The number of anilines is 1. The summed E-state index contributed by atoms with van der Waals surface area (Å²) in [6, 6.07) is 13.8. The van der Waals surface area contributed by atoms with Crippen LogP contribution in [-0.2, 0) is 16.1 Å². The number of aryl methyl sites for hydroxylation is 2. The van der Waals surface area contributed by atoms with Crippen molar-refractivity contribution in [1.82, 2.24) is 10.2 Å². The SMILES string of the molecule is CSc1ccc(CN(C)[C@H](C)C(=O)NCC(=O)Nc2c(C)cccc2C)cc1. The highest BCUT2D eigenvalue weighted by molar-refractivity contribution is 7.98. The van der Waals surface area contributed by atoms with Crippen LogP contribution in [0.4, 0.5) is 5.69 Å². The lowest BCUT2D eigenvalue weighted by Crippen LogP contribution is -2.45. The molecule has 2 amide bonds. The molecule has 1 atom stereocenters. The molecule has 2 rings (SSSR count). The van der Waals surface area contributed by atoms with Crippen molar-refractivity contribution in [2.75, 3.05) is 25.2 Å². The molecule has 2 N–H and O–H groups in total. The lowest BCUT2D eigenvalue weighted by Gasteiger charge is -2.24. The summed E-state index contributed by atoms with van der Waals surface area (Å²) < 4.78 is 0. The third-order valence-corrected chi connectivity index (χ3v) is 5.54. The minimum atomic E-state index is -0.340. The van der Waals surface area contributed by atoms with Crippen LogP contribution in [0.3, 0.4) is 0 Å². The van der Waals surface area contributed by atoms with Crippen molar-refractivity contribution >= 4 is 29.3 Å². The number of carbonyl (C=O) groups is 2. The summed E-state index contributed by atoms with van der Waals surface area (Å²) in [5, 5.41) is 5.61. The molecule has 0 aromatic heterocycles. The predicted molar refractivity (Wildman–Crippen MR) is 117 cm³/mol. The van der Waals surface area contributed by atoms with E-state index in [9.17, 15) is 9.59 Å². The number of benzene rings is 2. The molecule has 2 aromatic rings. The minimum absolute atomic E-state index is 0.0484. The van der Waals surface area contributed by atoms with E-state index in [1.54, 1.807) is 11.8 Å². The van der Waals surface area contributed by atoms with E-state index in [4.69, 9.17) is 0 Å². The lowest BCUT2D eigenvalue weighted by molar-refractivity contribution is -0.127. The van der Waals surface area contributed by atoms with Crippen LogP contribution in [0.1, 0.15) is 23.6 Å². The molecular formula is C22H29N3O2S. The second kappa shape index (κ2) is 10.3. The van der Waals surface area contributed by atoms with Gasteiger partial charge in [0.2, 0.25) is 11.8 Å². The maximum absolute atomic E-state index is 12.4. The van der Waals surface area contributed by atoms with E-state index in [2.05, 4.69) is 34.9 Å². The van der Waals surface area contributed by atoms with E-state index in [0.717, 1.165) is 22.4 Å². The van der Waals surface area contributed by atoms with Gasteiger partial charge in [-0.05, 0) is 62.9 Å². The van der Waals surface area contributed by atoms with E-state index < -0.39 is 0 Å². The second-order valence-electron chi connectivity index (χ2n) is 6.97. The molecule has 0 unspecified atom stereocenters. The molecule has 0 spiro atoms. The van der Waals surface area contributed by atoms with Gasteiger partial charge in [-0.25, -0.2) is 0 Å². The number of nitrogens with zero attached hydrogens (tertiary/aromatic N) is 1. The van der Waals surface area contributed by atoms with E-state index in [1.165, 1.54) is 4.90 Å². The molecule has 0 aliphatic carbocycles. The fraction of sp³-hybridized carbons (Fsp3) is 0.364. The molecule has 0 aliphatic rings. The van der Waals surface area contributed by atoms with Crippen molar-refractivity contribution in [3.63, 3.8) is 0 Å². The average molecular weight is 400 g/mol. The van der Waals surface area contributed by atoms with E-state index in [-0.39, 0.29) is 24.4 Å². The van der Waals surface area contributed by atoms with Crippen LogP contribution >= 0.6 is 11.8 Å². The van der Waals surface area contributed by atoms with Crippen LogP contribution in [0.15, 0.2) is 47.4 Å². The zero-order valence-electron chi connectivity index (χ0n) is 17.2. The number of rotatable bonds is 8. The normalized spacial score (nSPS) is 11.9. The van der Waals surface area contributed by atoms with Crippen molar-refractivity contribution in [3.05, 3.63) is 59.2 Å². The topological polar surface area (TPSA) is 61.4 Å². The summed E-state index contributed by atoms with van der Waals surface area (Å²) in [5.74, 6) is -0.395. The van der Waals surface area contributed by atoms with Gasteiger partial charge >= 0.3 is 0 Å². The fourth-order valence-corrected chi connectivity index (χ4v) is 3.27. The van der Waals surface area contributed by atoms with E-state index >= 15 is 0 Å². The summed E-state index contributed by atoms with van der Waals surface area (Å²) in [4.78, 5) is 27.8. The Morgan fingerprint density at radius 1 is 1.07 bits per heavy atom. The zero-order chi connectivity index (χ0) is 20.7. The van der Waals surface area contributed by atoms with Crippen LogP contribution in [0.5, 0.6) is 0 Å². The summed E-state index contributed by atoms with van der Waals surface area (Å²) in [6.45, 7) is 6.36. The van der Waals surface area contributed by atoms with Crippen LogP contribution in [0.2, 0.25) is 0 Å². The molecule has 0 saturated heterocycles. The number of amides is 2. The number of hydrogen-bond donors (Lipinski definition) is 2. The first-order chi connectivity index (χ1) is 13.3. The molecule has 0 bridgehead atoms. The highest BCUT2D eigenvalue weighted by atomic mass is 32.2. The van der Waals surface area contributed by atoms with Crippen molar-refractivity contribution in [2.24, 2.45) is 0 Å². The van der Waals surface area contributed by atoms with Gasteiger partial charge in [-0.3, -0.25) is 14.5 Å². The monoisotopic (exact) mass is 399 g/mol. The number of thioether (sulfide) groups is 1. The predicted octanol–water partition coefficient (Wildman–Crippen LogP) is 3.60. The first-order valence-electron chi connectivity index (χ1n) is 9.28. The number of nitrogens with one attached hydrogen (secondary N) is 2. The van der Waals surface area contributed by atoms with Gasteiger partial charge in [0.05, 0.1) is 12.6 Å². The Kier molecular flexibility index (Phi) is 8.08. The summed E-state index contributed by atoms with van der Waals surface area (Å²) in [7, 11) is 1.91. The first kappa shape index (κ1) is 22.0. The Morgan fingerprint density at radius 2 is 1.68 bits per heavy atom. The third kappa shape index (κ3) is 6.11. The highest BCUT2D eigenvalue weighted by Gasteiger charge is 2.19. The number of para-hydroxylation sites is 1. The molecule has 5 nitrogen and oxygen atoms in total. The van der Waals surface area contributed by atoms with Crippen LogP contribution in [0.25, 0.3) is 0 Å². The highest BCUT2D eigenvalue weighted by Crippen LogP contribution is 2.19. The van der Waals surface area contributed by atoms with Crippen LogP contribution in [0, 0.1) is 13.8 Å². The fourth-order valence-electron chi connectivity index (χ4n) is 2.87. The van der Waals surface area contributed by atoms with Gasteiger partial charge in [0.1, 0.15) is 0 Å². The summed E-state index contributed by atoms with van der Waals surface area (Å²) in [5.41, 5.74) is 3.95. The van der Waals surface area contributed by atoms with Gasteiger partial charge in [0, 0.05) is 17.1 Å². The molecule has 0 aliphatic heterocycles. The van der Waals surface area contributed by atoms with Crippen molar-refractivity contribution in [1.29, 1.82) is 0 Å². The molecule has 2 aromatic carbocycles. The molecule has 0 saturated carbocycles. The quantitative estimate of drug-likeness (QED) is 0.666. The maximum Gasteiger partial charge on any atom is 0.243 e. The van der Waals surface area contributed by atoms with Crippen molar-refractivity contribution in [3.8, 4) is 0 Å². The smallest absolute Gasteiger partial charge is 0.243 e. The van der Waals surface area contributed by atoms with E-state index in [0.29, 0.717) is 6.54 Å². The average Bonchev–Trinajstić information content (AvgIpc) is 2.69. The number of hydrogen-bond acceptors (Lipinski definition) is 4. The van der Waals surface area contributed by atoms with Crippen LogP contribution < -0.4 is 10.6 Å². The zero-order valence-corrected chi connectivity index (χ0v) is 18.0. The molecule has 0 fully saturated rings. The van der Waals surface area contributed by atoms with Crippen molar-refractivity contribution < 1.29 is 9.59 Å². The summed E-state index contributed by atoms with van der Waals surface area (Å²) >= 11 is 1.70. The summed E-state index contributed by atoms with van der Waals surface area (Å²) in [6.07, 6.45) is 2.05. The number of carbonyl (C=O) groups excluding carboxylic acids is 2. The number of likely N-dealkylation sites (N-methyl/N-ethyl adjacent to an activating group) is 1. The largest absolute Gasteiger partial charge is 0.346 e. The Labute approximate surface area is 171 Å². The van der Waals surface area contributed by atoms with Gasteiger partial charge in [-0.1, -0.05) is 30.3 Å². The Balaban J connectivity index is 1.84. The first-order valence-corrected chi connectivity index (χ1v) is 10.5. The van der Waals surface area contributed by atoms with Crippen LogP contribution in [-0.4, -0.2) is 42.6 Å². The van der Waals surface area contributed by atoms with Gasteiger partial charge in [-0.2, -0.15) is 0 Å². The van der Waals surface area contributed by atoms with Gasteiger partial charge < -0.3 is 10.6 Å². The van der Waals surface area contributed by atoms with E-state index in [1.807, 2.05) is 57.2 Å². The molecule has 150 valence electrons. The third-order valence-electron chi connectivity index (χ3n) is 4.80. The Morgan fingerprint density at radius 3 is 2.25 bits per heavy atom. The standard InChI is InChI=1S/C22H29N3O2S/c1-15-7-6-8-16(2)21(15)24-20(26)13-23-22(27)17(3)25(4)14-18-9-11-19(28-5)12-10-18/h6-12,17H,13-14H2,1-5H3,(H,23,27)(H,24,26)/t17-/m1/s1. The molecular weight excluding hydrogens is 370 g/mol. The van der Waals surface area contributed by atoms with Gasteiger partial charge in [0.25, 0.3) is 0 Å². The molecule has 0 radical (unpaired) electrons. The maximum atomic E-state index is 12.4.